The van der Waals surface area contributed by atoms with Gasteiger partial charge in [0, 0.05) is 18.7 Å². The van der Waals surface area contributed by atoms with Crippen molar-refractivity contribution in [3.63, 3.8) is 0 Å². The fourth-order valence-corrected chi connectivity index (χ4v) is 1.92. The minimum atomic E-state index is -0.309. The third kappa shape index (κ3) is 3.39. The molecule has 6 heteroatoms. The summed E-state index contributed by atoms with van der Waals surface area (Å²) in [5, 5.41) is 12.0. The molecule has 0 aliphatic carbocycles. The van der Waals surface area contributed by atoms with Crippen molar-refractivity contribution in [2.45, 2.75) is 25.3 Å². The van der Waals surface area contributed by atoms with Gasteiger partial charge in [-0.15, -0.1) is 0 Å². The van der Waals surface area contributed by atoms with Crippen molar-refractivity contribution in [3.05, 3.63) is 28.2 Å². The van der Waals surface area contributed by atoms with E-state index < -0.39 is 0 Å². The van der Waals surface area contributed by atoms with Crippen LogP contribution in [0.3, 0.4) is 0 Å². The molecule has 1 aliphatic rings. The second-order valence-corrected chi connectivity index (χ2v) is 4.14. The summed E-state index contributed by atoms with van der Waals surface area (Å²) in [6.07, 6.45) is 3.31. The number of nitrogens with zero attached hydrogens (tertiary/aromatic N) is 1. The lowest BCUT2D eigenvalue weighted by Gasteiger charge is -2.10. The molecule has 1 aromatic rings. The summed E-state index contributed by atoms with van der Waals surface area (Å²) < 4.78 is 0. The Morgan fingerprint density at radius 2 is 2.41 bits per heavy atom. The largest absolute Gasteiger partial charge is 0.351 e. The average molecular weight is 236 g/mol. The fraction of sp³-hybridized carbons (Fsp3) is 0.545. The Morgan fingerprint density at radius 3 is 3.06 bits per heavy atom. The summed E-state index contributed by atoms with van der Waals surface area (Å²) in [6.45, 7) is 1.69. The van der Waals surface area contributed by atoms with E-state index >= 15 is 0 Å². The maximum Gasteiger partial charge on any atom is 0.271 e. The zero-order valence-electron chi connectivity index (χ0n) is 9.53. The highest BCUT2D eigenvalue weighted by Crippen LogP contribution is 2.07. The first-order chi connectivity index (χ1) is 8.25. The Bertz CT molecular complexity index is 417. The van der Waals surface area contributed by atoms with E-state index in [4.69, 9.17) is 0 Å². The predicted octanol–water partition coefficient (Wildman–Crippen LogP) is -0.358. The van der Waals surface area contributed by atoms with E-state index in [0.29, 0.717) is 12.6 Å². The topological polar surface area (TPSA) is 86.9 Å². The number of aromatic amines is 1. The molecule has 92 valence electrons. The van der Waals surface area contributed by atoms with E-state index in [1.807, 2.05) is 0 Å². The summed E-state index contributed by atoms with van der Waals surface area (Å²) in [6, 6.07) is 3.22. The first kappa shape index (κ1) is 11.8. The standard InChI is InChI=1S/C11H16N4O2/c16-10-4-3-9(14-15-10)11(17)13-7-5-8-2-1-6-12-8/h3-4,8,12H,1-2,5-7H2,(H,13,17)(H,15,16). The van der Waals surface area contributed by atoms with E-state index in [0.717, 1.165) is 13.0 Å². The van der Waals surface area contributed by atoms with Crippen LogP contribution in [0.5, 0.6) is 0 Å². The van der Waals surface area contributed by atoms with Crippen molar-refractivity contribution in [3.8, 4) is 0 Å². The second kappa shape index (κ2) is 5.58. The average Bonchev–Trinajstić information content (AvgIpc) is 2.83. The lowest BCUT2D eigenvalue weighted by atomic mass is 10.1. The molecule has 1 aliphatic heterocycles. The lowest BCUT2D eigenvalue weighted by molar-refractivity contribution is 0.0946. The Labute approximate surface area is 98.8 Å². The summed E-state index contributed by atoms with van der Waals surface area (Å²) in [4.78, 5) is 22.4. The normalized spacial score (nSPS) is 19.2. The molecule has 1 unspecified atom stereocenters. The van der Waals surface area contributed by atoms with Gasteiger partial charge in [-0.05, 0) is 31.9 Å². The number of hydrogen-bond donors (Lipinski definition) is 3. The van der Waals surface area contributed by atoms with E-state index in [9.17, 15) is 9.59 Å². The van der Waals surface area contributed by atoms with Crippen LogP contribution in [-0.2, 0) is 0 Å². The highest BCUT2D eigenvalue weighted by atomic mass is 16.2. The van der Waals surface area contributed by atoms with E-state index in [-0.39, 0.29) is 17.2 Å². The van der Waals surface area contributed by atoms with Gasteiger partial charge >= 0.3 is 0 Å². The van der Waals surface area contributed by atoms with Crippen molar-refractivity contribution >= 4 is 5.91 Å². The van der Waals surface area contributed by atoms with Crippen LogP contribution in [0.1, 0.15) is 29.8 Å². The van der Waals surface area contributed by atoms with Crippen molar-refractivity contribution in [1.82, 2.24) is 20.8 Å². The zero-order valence-corrected chi connectivity index (χ0v) is 9.53. The number of H-pyrrole nitrogens is 1. The Morgan fingerprint density at radius 1 is 1.53 bits per heavy atom. The molecule has 1 atom stereocenters. The number of hydrogen-bond acceptors (Lipinski definition) is 4. The minimum absolute atomic E-state index is 0.240. The molecule has 0 spiro atoms. The van der Waals surface area contributed by atoms with Gasteiger partial charge in [-0.1, -0.05) is 0 Å². The van der Waals surface area contributed by atoms with Gasteiger partial charge in [0.2, 0.25) is 0 Å². The van der Waals surface area contributed by atoms with Gasteiger partial charge in [0.05, 0.1) is 0 Å². The molecule has 0 saturated carbocycles. The number of rotatable bonds is 4. The van der Waals surface area contributed by atoms with E-state index in [1.165, 1.54) is 25.0 Å². The quantitative estimate of drug-likeness (QED) is 0.666. The van der Waals surface area contributed by atoms with Crippen LogP contribution in [0.2, 0.25) is 0 Å². The predicted molar refractivity (Wildman–Crippen MR) is 62.8 cm³/mol. The van der Waals surface area contributed by atoms with Gasteiger partial charge in [0.1, 0.15) is 5.69 Å². The molecule has 2 rings (SSSR count). The number of aromatic nitrogens is 2. The summed E-state index contributed by atoms with van der Waals surface area (Å²) in [7, 11) is 0. The maximum absolute atomic E-state index is 11.6. The molecule has 2 heterocycles. The maximum atomic E-state index is 11.6. The van der Waals surface area contributed by atoms with Crippen LogP contribution >= 0.6 is 0 Å². The van der Waals surface area contributed by atoms with Crippen LogP contribution in [-0.4, -0.2) is 35.2 Å². The van der Waals surface area contributed by atoms with Crippen LogP contribution in [0, 0.1) is 0 Å². The zero-order chi connectivity index (χ0) is 12.1. The highest BCUT2D eigenvalue weighted by molar-refractivity contribution is 5.91. The molecule has 1 aromatic heterocycles. The number of carbonyl (C=O) groups is 1. The first-order valence-corrected chi connectivity index (χ1v) is 5.83. The Hall–Kier alpha value is -1.69. The van der Waals surface area contributed by atoms with Gasteiger partial charge < -0.3 is 10.6 Å². The van der Waals surface area contributed by atoms with Gasteiger partial charge in [-0.2, -0.15) is 5.10 Å². The van der Waals surface area contributed by atoms with Crippen molar-refractivity contribution in [1.29, 1.82) is 0 Å². The lowest BCUT2D eigenvalue weighted by Crippen LogP contribution is -2.31. The molecular formula is C11H16N4O2. The summed E-state index contributed by atoms with van der Waals surface area (Å²) in [5.41, 5.74) is -0.0688. The molecule has 0 radical (unpaired) electrons. The Kier molecular flexibility index (Phi) is 3.87. The molecule has 6 nitrogen and oxygen atoms in total. The van der Waals surface area contributed by atoms with E-state index in [1.54, 1.807) is 0 Å². The van der Waals surface area contributed by atoms with Crippen LogP contribution in [0.4, 0.5) is 0 Å². The number of amides is 1. The van der Waals surface area contributed by atoms with Gasteiger partial charge in [0.15, 0.2) is 0 Å². The van der Waals surface area contributed by atoms with Crippen molar-refractivity contribution in [2.24, 2.45) is 0 Å². The van der Waals surface area contributed by atoms with Crippen LogP contribution in [0.25, 0.3) is 0 Å². The monoisotopic (exact) mass is 236 g/mol. The van der Waals surface area contributed by atoms with Crippen LogP contribution in [0.15, 0.2) is 16.9 Å². The molecule has 3 N–H and O–H groups in total. The number of carbonyl (C=O) groups excluding carboxylic acids is 1. The summed E-state index contributed by atoms with van der Waals surface area (Å²) in [5.74, 6) is -0.251. The molecule has 1 saturated heterocycles. The first-order valence-electron chi connectivity index (χ1n) is 5.83. The molecule has 0 bridgehead atoms. The van der Waals surface area contributed by atoms with Gasteiger partial charge in [-0.25, -0.2) is 5.10 Å². The molecule has 0 aromatic carbocycles. The van der Waals surface area contributed by atoms with Crippen molar-refractivity contribution < 1.29 is 4.79 Å². The van der Waals surface area contributed by atoms with Gasteiger partial charge in [0.25, 0.3) is 11.5 Å². The van der Waals surface area contributed by atoms with E-state index in [2.05, 4.69) is 20.8 Å². The Balaban J connectivity index is 1.76. The highest BCUT2D eigenvalue weighted by Gasteiger charge is 2.14. The molecule has 17 heavy (non-hydrogen) atoms. The molecular weight excluding hydrogens is 220 g/mol. The van der Waals surface area contributed by atoms with Crippen LogP contribution < -0.4 is 16.2 Å². The van der Waals surface area contributed by atoms with Crippen molar-refractivity contribution in [2.75, 3.05) is 13.1 Å². The fourth-order valence-electron chi connectivity index (χ4n) is 1.92. The third-order valence-electron chi connectivity index (χ3n) is 2.85. The minimum Gasteiger partial charge on any atom is -0.351 e. The second-order valence-electron chi connectivity index (χ2n) is 4.14. The smallest absolute Gasteiger partial charge is 0.271 e. The third-order valence-corrected chi connectivity index (χ3v) is 2.85. The SMILES string of the molecule is O=C(NCCC1CCCN1)c1ccc(=O)[nH]n1. The van der Waals surface area contributed by atoms with Gasteiger partial charge in [-0.3, -0.25) is 9.59 Å². The number of nitrogens with one attached hydrogen (secondary N) is 3. The molecule has 1 fully saturated rings. The molecule has 1 amide bonds. The summed E-state index contributed by atoms with van der Waals surface area (Å²) >= 11 is 0.